The number of guanidine groups is 1. The van der Waals surface area contributed by atoms with Gasteiger partial charge in [-0.05, 0) is 44.6 Å². The van der Waals surface area contributed by atoms with Crippen LogP contribution < -0.4 is 20.1 Å². The van der Waals surface area contributed by atoms with E-state index in [0.29, 0.717) is 19.2 Å². The molecule has 1 unspecified atom stereocenters. The fraction of sp³-hybridized carbons (Fsp3) is 0.708. The quantitative estimate of drug-likeness (QED) is 0.353. The Morgan fingerprint density at radius 1 is 1.16 bits per heavy atom. The van der Waals surface area contributed by atoms with Gasteiger partial charge in [0.1, 0.15) is 6.61 Å². The Bertz CT molecular complexity index is 676. The van der Waals surface area contributed by atoms with Crippen molar-refractivity contribution in [3.63, 3.8) is 0 Å². The van der Waals surface area contributed by atoms with Crippen LogP contribution in [0.3, 0.4) is 0 Å². The molecule has 0 radical (unpaired) electrons. The molecule has 32 heavy (non-hydrogen) atoms. The van der Waals surface area contributed by atoms with Gasteiger partial charge in [0.05, 0.1) is 26.9 Å². The highest BCUT2D eigenvalue weighted by atomic mass is 16.5. The van der Waals surface area contributed by atoms with Gasteiger partial charge >= 0.3 is 0 Å². The van der Waals surface area contributed by atoms with Gasteiger partial charge < -0.3 is 29.7 Å². The fourth-order valence-corrected chi connectivity index (χ4v) is 3.66. The molecule has 1 saturated heterocycles. The summed E-state index contributed by atoms with van der Waals surface area (Å²) < 4.78 is 17.0. The molecule has 8 heteroatoms. The van der Waals surface area contributed by atoms with Gasteiger partial charge in [-0.25, -0.2) is 4.99 Å². The average Bonchev–Trinajstić information content (AvgIpc) is 2.84. The summed E-state index contributed by atoms with van der Waals surface area (Å²) in [5, 5.41) is 6.81. The van der Waals surface area contributed by atoms with E-state index in [1.165, 1.54) is 0 Å². The molecule has 1 aliphatic rings. The molecular formula is C24H43N5O3. The first-order valence-corrected chi connectivity index (χ1v) is 12.0. The van der Waals surface area contributed by atoms with Crippen LogP contribution in [0.25, 0.3) is 0 Å². The van der Waals surface area contributed by atoms with E-state index >= 15 is 0 Å². The summed E-state index contributed by atoms with van der Waals surface area (Å²) in [5.41, 5.74) is 1.08. The number of nitrogens with one attached hydrogen (secondary N) is 2. The van der Waals surface area contributed by atoms with Crippen LogP contribution in [-0.2, 0) is 11.3 Å². The van der Waals surface area contributed by atoms with E-state index in [-0.39, 0.29) is 0 Å². The lowest BCUT2D eigenvalue weighted by molar-refractivity contribution is 0.0211. The molecule has 1 heterocycles. The molecule has 1 fully saturated rings. The van der Waals surface area contributed by atoms with Crippen molar-refractivity contribution in [1.29, 1.82) is 0 Å². The van der Waals surface area contributed by atoms with Crippen molar-refractivity contribution < 1.29 is 14.2 Å². The Morgan fingerprint density at radius 2 is 1.91 bits per heavy atom. The van der Waals surface area contributed by atoms with Crippen molar-refractivity contribution >= 4 is 5.96 Å². The van der Waals surface area contributed by atoms with E-state index in [0.717, 1.165) is 82.0 Å². The van der Waals surface area contributed by atoms with Crippen molar-refractivity contribution in [1.82, 2.24) is 20.4 Å². The third-order valence-electron chi connectivity index (χ3n) is 5.79. The predicted molar refractivity (Wildman–Crippen MR) is 131 cm³/mol. The van der Waals surface area contributed by atoms with Gasteiger partial charge in [-0.3, -0.25) is 4.90 Å². The van der Waals surface area contributed by atoms with E-state index in [4.69, 9.17) is 19.2 Å². The molecule has 0 spiro atoms. The lowest BCUT2D eigenvalue weighted by atomic mass is 10.2. The number of methoxy groups -OCH3 is 1. The van der Waals surface area contributed by atoms with Gasteiger partial charge in [-0.15, -0.1) is 0 Å². The zero-order valence-corrected chi connectivity index (χ0v) is 20.7. The van der Waals surface area contributed by atoms with Crippen LogP contribution in [0.15, 0.2) is 23.2 Å². The van der Waals surface area contributed by atoms with Crippen molar-refractivity contribution in [2.45, 2.75) is 40.3 Å². The lowest BCUT2D eigenvalue weighted by Gasteiger charge is -2.32. The maximum Gasteiger partial charge on any atom is 0.191 e. The number of benzene rings is 1. The fourth-order valence-electron chi connectivity index (χ4n) is 3.66. The number of hydrogen-bond acceptors (Lipinski definition) is 6. The van der Waals surface area contributed by atoms with Crippen LogP contribution >= 0.6 is 0 Å². The highest BCUT2D eigenvalue weighted by molar-refractivity contribution is 5.79. The molecule has 0 aliphatic carbocycles. The highest BCUT2D eigenvalue weighted by Crippen LogP contribution is 2.28. The van der Waals surface area contributed by atoms with E-state index in [2.05, 4.69) is 54.2 Å². The standard InChI is InChI=1S/C24H43N5O3/c1-6-25-24(26-18-20(4)29-12-14-31-15-13-29)27-19-21-9-10-22(23(17-21)30-5)32-16-11-28(7-2)8-3/h9-10,17,20H,6-8,11-16,18-19H2,1-5H3,(H2,25,26,27). The maximum absolute atomic E-state index is 5.96. The van der Waals surface area contributed by atoms with Crippen molar-refractivity contribution in [2.24, 2.45) is 4.99 Å². The van der Waals surface area contributed by atoms with Crippen LogP contribution in [0, 0.1) is 0 Å². The van der Waals surface area contributed by atoms with Gasteiger partial charge in [-0.1, -0.05) is 19.9 Å². The Balaban J connectivity index is 1.91. The minimum atomic E-state index is 0.427. The second-order valence-corrected chi connectivity index (χ2v) is 7.93. The van der Waals surface area contributed by atoms with E-state index in [9.17, 15) is 0 Å². The summed E-state index contributed by atoms with van der Waals surface area (Å²) in [6, 6.07) is 6.47. The van der Waals surface area contributed by atoms with Crippen molar-refractivity contribution in [2.75, 3.05) is 72.7 Å². The minimum Gasteiger partial charge on any atom is -0.493 e. The zero-order chi connectivity index (χ0) is 23.2. The third-order valence-corrected chi connectivity index (χ3v) is 5.79. The van der Waals surface area contributed by atoms with Crippen molar-refractivity contribution in [3.05, 3.63) is 23.8 Å². The number of ether oxygens (including phenoxy) is 3. The maximum atomic E-state index is 5.96. The van der Waals surface area contributed by atoms with Gasteiger partial charge in [-0.2, -0.15) is 0 Å². The normalized spacial score (nSPS) is 16.1. The lowest BCUT2D eigenvalue weighted by Crippen LogP contribution is -2.49. The Morgan fingerprint density at radius 3 is 2.56 bits per heavy atom. The first kappa shape index (κ1) is 26.2. The topological polar surface area (TPSA) is 70.6 Å². The number of likely N-dealkylation sites (N-methyl/N-ethyl adjacent to an activating group) is 1. The minimum absolute atomic E-state index is 0.427. The predicted octanol–water partition coefficient (Wildman–Crippen LogP) is 2.19. The Labute approximate surface area is 194 Å². The summed E-state index contributed by atoms with van der Waals surface area (Å²) in [5.74, 6) is 2.35. The van der Waals surface area contributed by atoms with Crippen LogP contribution in [-0.4, -0.2) is 94.5 Å². The van der Waals surface area contributed by atoms with Crippen LogP contribution in [0.4, 0.5) is 0 Å². The molecule has 8 nitrogen and oxygen atoms in total. The number of rotatable bonds is 13. The summed E-state index contributed by atoms with van der Waals surface area (Å²) in [6.45, 7) is 18.1. The van der Waals surface area contributed by atoms with Crippen LogP contribution in [0.1, 0.15) is 33.3 Å². The molecule has 1 aromatic carbocycles. The SMILES string of the molecule is CCNC(=NCc1ccc(OCCN(CC)CC)c(OC)c1)NCC(C)N1CCOCC1. The first-order valence-electron chi connectivity index (χ1n) is 12.0. The Kier molecular flexibility index (Phi) is 12.2. The van der Waals surface area contributed by atoms with Gasteiger partial charge in [0.2, 0.25) is 0 Å². The van der Waals surface area contributed by atoms with Gasteiger partial charge in [0.15, 0.2) is 17.5 Å². The monoisotopic (exact) mass is 449 g/mol. The Hall–Kier alpha value is -2.03. The number of morpholine rings is 1. The van der Waals surface area contributed by atoms with E-state index < -0.39 is 0 Å². The van der Waals surface area contributed by atoms with Gasteiger partial charge in [0.25, 0.3) is 0 Å². The third kappa shape index (κ3) is 8.84. The summed E-state index contributed by atoms with van der Waals surface area (Å²) in [4.78, 5) is 9.55. The molecule has 2 rings (SSSR count). The van der Waals surface area contributed by atoms with Gasteiger partial charge in [0, 0.05) is 38.8 Å². The summed E-state index contributed by atoms with van der Waals surface area (Å²) in [6.07, 6.45) is 0. The van der Waals surface area contributed by atoms with E-state index in [1.54, 1.807) is 7.11 Å². The summed E-state index contributed by atoms with van der Waals surface area (Å²) in [7, 11) is 1.68. The summed E-state index contributed by atoms with van der Waals surface area (Å²) >= 11 is 0. The molecule has 0 bridgehead atoms. The highest BCUT2D eigenvalue weighted by Gasteiger charge is 2.17. The van der Waals surface area contributed by atoms with Crippen molar-refractivity contribution in [3.8, 4) is 11.5 Å². The molecule has 182 valence electrons. The second kappa shape index (κ2) is 14.9. The molecule has 0 aromatic heterocycles. The molecule has 1 atom stereocenters. The number of aliphatic imine (C=N–C) groups is 1. The molecule has 1 aliphatic heterocycles. The van der Waals surface area contributed by atoms with Crippen LogP contribution in [0.5, 0.6) is 11.5 Å². The van der Waals surface area contributed by atoms with E-state index in [1.807, 2.05) is 12.1 Å². The molecular weight excluding hydrogens is 406 g/mol. The molecule has 1 aromatic rings. The zero-order valence-electron chi connectivity index (χ0n) is 20.7. The second-order valence-electron chi connectivity index (χ2n) is 7.93. The smallest absolute Gasteiger partial charge is 0.191 e. The first-order chi connectivity index (χ1) is 15.6. The largest absolute Gasteiger partial charge is 0.493 e. The van der Waals surface area contributed by atoms with Crippen LogP contribution in [0.2, 0.25) is 0 Å². The number of hydrogen-bond donors (Lipinski definition) is 2. The average molecular weight is 450 g/mol. The molecule has 0 saturated carbocycles. The molecule has 0 amide bonds. The molecule has 2 N–H and O–H groups in total. The number of nitrogens with zero attached hydrogens (tertiary/aromatic N) is 3.